The average Bonchev–Trinajstić information content (AvgIpc) is 2.56. The predicted octanol–water partition coefficient (Wildman–Crippen LogP) is 2.50. The van der Waals surface area contributed by atoms with Crippen molar-refractivity contribution >= 4 is 17.2 Å². The van der Waals surface area contributed by atoms with Gasteiger partial charge in [0.25, 0.3) is 0 Å². The quantitative estimate of drug-likeness (QED) is 0.756. The van der Waals surface area contributed by atoms with Crippen LogP contribution in [0.3, 0.4) is 0 Å². The largest absolute Gasteiger partial charge is 0.437 e. The molecule has 0 N–H and O–H groups in total. The summed E-state index contributed by atoms with van der Waals surface area (Å²) in [6.45, 7) is 0. The molecule has 0 bridgehead atoms. The number of aromatic nitrogens is 1. The molecule has 0 radical (unpaired) electrons. The molecule has 4 heteroatoms. The van der Waals surface area contributed by atoms with Crippen molar-refractivity contribution in [3.8, 4) is 0 Å². The molecular formula is C11H11FN2O. The fourth-order valence-electron chi connectivity index (χ4n) is 1.20. The third kappa shape index (κ3) is 2.15. The summed E-state index contributed by atoms with van der Waals surface area (Å²) in [5.74, 6) is 0.170. The van der Waals surface area contributed by atoms with Crippen molar-refractivity contribution in [2.45, 2.75) is 0 Å². The lowest BCUT2D eigenvalue weighted by Gasteiger charge is -2.00. The highest BCUT2D eigenvalue weighted by molar-refractivity contribution is 5.73. The molecule has 78 valence electrons. The molecule has 1 aromatic carbocycles. The first-order valence-electron chi connectivity index (χ1n) is 4.56. The van der Waals surface area contributed by atoms with E-state index in [2.05, 4.69) is 4.98 Å². The van der Waals surface area contributed by atoms with E-state index in [0.29, 0.717) is 17.0 Å². The first kappa shape index (κ1) is 9.71. The van der Waals surface area contributed by atoms with Crippen LogP contribution in [0.5, 0.6) is 0 Å². The lowest BCUT2D eigenvalue weighted by molar-refractivity contribution is 0.558. The molecule has 0 fully saturated rings. The van der Waals surface area contributed by atoms with E-state index in [-0.39, 0.29) is 5.82 Å². The van der Waals surface area contributed by atoms with Crippen LogP contribution in [0.4, 0.5) is 4.39 Å². The Morgan fingerprint density at radius 3 is 2.93 bits per heavy atom. The SMILES string of the molecule is CN(C)/C=C/c1nc2cc(F)ccc2o1. The zero-order valence-electron chi connectivity index (χ0n) is 8.57. The Hall–Kier alpha value is -1.84. The van der Waals surface area contributed by atoms with Gasteiger partial charge in [-0.25, -0.2) is 9.37 Å². The van der Waals surface area contributed by atoms with Gasteiger partial charge in [0.05, 0.1) is 0 Å². The maximum absolute atomic E-state index is 12.9. The van der Waals surface area contributed by atoms with Crippen molar-refractivity contribution in [1.82, 2.24) is 9.88 Å². The number of oxazole rings is 1. The molecule has 3 nitrogen and oxygen atoms in total. The fourth-order valence-corrected chi connectivity index (χ4v) is 1.20. The van der Waals surface area contributed by atoms with Gasteiger partial charge in [0.2, 0.25) is 5.89 Å². The zero-order valence-corrected chi connectivity index (χ0v) is 8.57. The van der Waals surface area contributed by atoms with Gasteiger partial charge in [0, 0.05) is 32.4 Å². The third-order valence-electron chi connectivity index (χ3n) is 1.88. The highest BCUT2D eigenvalue weighted by Crippen LogP contribution is 2.17. The molecule has 0 aliphatic heterocycles. The molecule has 0 saturated heterocycles. The molecule has 0 unspecified atom stereocenters. The van der Waals surface area contributed by atoms with Crippen LogP contribution < -0.4 is 0 Å². The van der Waals surface area contributed by atoms with Gasteiger partial charge < -0.3 is 9.32 Å². The molecule has 0 aliphatic rings. The molecule has 1 heterocycles. The van der Waals surface area contributed by atoms with Gasteiger partial charge in [0.1, 0.15) is 11.3 Å². The molecule has 0 saturated carbocycles. The standard InChI is InChI=1S/C11H11FN2O/c1-14(2)6-5-11-13-9-7-8(12)3-4-10(9)15-11/h3-7H,1-2H3/b6-5+. The molecule has 0 spiro atoms. The summed E-state index contributed by atoms with van der Waals surface area (Å²) < 4.78 is 18.2. The van der Waals surface area contributed by atoms with Crippen LogP contribution in [-0.4, -0.2) is 24.0 Å². The lowest BCUT2D eigenvalue weighted by atomic mass is 10.3. The highest BCUT2D eigenvalue weighted by atomic mass is 19.1. The summed E-state index contributed by atoms with van der Waals surface area (Å²) in [6, 6.07) is 4.28. The number of rotatable bonds is 2. The summed E-state index contributed by atoms with van der Waals surface area (Å²) in [5.41, 5.74) is 1.13. The van der Waals surface area contributed by atoms with Crippen molar-refractivity contribution in [3.05, 3.63) is 36.1 Å². The molecule has 2 rings (SSSR count). The number of halogens is 1. The van der Waals surface area contributed by atoms with Crippen molar-refractivity contribution in [2.75, 3.05) is 14.1 Å². The summed E-state index contributed by atoms with van der Waals surface area (Å²) in [6.07, 6.45) is 3.55. The minimum absolute atomic E-state index is 0.307. The van der Waals surface area contributed by atoms with Gasteiger partial charge in [-0.1, -0.05) is 0 Å². The van der Waals surface area contributed by atoms with Crippen molar-refractivity contribution < 1.29 is 8.81 Å². The first-order valence-corrected chi connectivity index (χ1v) is 4.56. The van der Waals surface area contributed by atoms with Crippen LogP contribution in [0.25, 0.3) is 17.2 Å². The van der Waals surface area contributed by atoms with Gasteiger partial charge in [-0.3, -0.25) is 0 Å². The second-order valence-electron chi connectivity index (χ2n) is 3.44. The van der Waals surface area contributed by atoms with Crippen molar-refractivity contribution in [3.63, 3.8) is 0 Å². The van der Waals surface area contributed by atoms with Gasteiger partial charge >= 0.3 is 0 Å². The Morgan fingerprint density at radius 2 is 2.20 bits per heavy atom. The number of fused-ring (bicyclic) bond motifs is 1. The summed E-state index contributed by atoms with van der Waals surface area (Å²) >= 11 is 0. The van der Waals surface area contributed by atoms with E-state index in [1.807, 2.05) is 25.2 Å². The molecule has 2 aromatic rings. The minimum Gasteiger partial charge on any atom is -0.437 e. The van der Waals surface area contributed by atoms with Crippen LogP contribution in [0, 0.1) is 5.82 Å². The second kappa shape index (κ2) is 3.73. The van der Waals surface area contributed by atoms with Gasteiger partial charge in [0.15, 0.2) is 5.58 Å². The highest BCUT2D eigenvalue weighted by Gasteiger charge is 2.03. The smallest absolute Gasteiger partial charge is 0.221 e. The number of nitrogens with zero attached hydrogens (tertiary/aromatic N) is 2. The van der Waals surface area contributed by atoms with E-state index < -0.39 is 0 Å². The Kier molecular flexibility index (Phi) is 2.41. The van der Waals surface area contributed by atoms with E-state index in [1.165, 1.54) is 12.1 Å². The Labute approximate surface area is 86.8 Å². The summed E-state index contributed by atoms with van der Waals surface area (Å²) in [5, 5.41) is 0. The fraction of sp³-hybridized carbons (Fsp3) is 0.182. The summed E-state index contributed by atoms with van der Waals surface area (Å²) in [4.78, 5) is 6.00. The zero-order chi connectivity index (χ0) is 10.8. The molecule has 15 heavy (non-hydrogen) atoms. The average molecular weight is 206 g/mol. The third-order valence-corrected chi connectivity index (χ3v) is 1.88. The normalized spacial score (nSPS) is 11.4. The van der Waals surface area contributed by atoms with Crippen LogP contribution in [0.15, 0.2) is 28.8 Å². The molecular weight excluding hydrogens is 195 g/mol. The predicted molar refractivity (Wildman–Crippen MR) is 56.7 cm³/mol. The molecule has 0 amide bonds. The maximum Gasteiger partial charge on any atom is 0.221 e. The van der Waals surface area contributed by atoms with Gasteiger partial charge in [-0.2, -0.15) is 0 Å². The van der Waals surface area contributed by atoms with Crippen LogP contribution in [-0.2, 0) is 0 Å². The first-order chi connectivity index (χ1) is 7.15. The number of hydrogen-bond acceptors (Lipinski definition) is 3. The van der Waals surface area contributed by atoms with Gasteiger partial charge in [-0.15, -0.1) is 0 Å². The maximum atomic E-state index is 12.9. The van der Waals surface area contributed by atoms with E-state index in [4.69, 9.17) is 4.42 Å². The Morgan fingerprint density at radius 1 is 1.40 bits per heavy atom. The summed E-state index contributed by atoms with van der Waals surface area (Å²) in [7, 11) is 3.80. The Bertz CT molecular complexity index is 502. The van der Waals surface area contributed by atoms with Gasteiger partial charge in [-0.05, 0) is 12.1 Å². The van der Waals surface area contributed by atoms with E-state index >= 15 is 0 Å². The Balaban J connectivity index is 2.39. The topological polar surface area (TPSA) is 29.3 Å². The molecule has 1 aromatic heterocycles. The molecule has 0 atom stereocenters. The van der Waals surface area contributed by atoms with Crippen molar-refractivity contribution in [1.29, 1.82) is 0 Å². The van der Waals surface area contributed by atoms with Crippen LogP contribution in [0.1, 0.15) is 5.89 Å². The second-order valence-corrected chi connectivity index (χ2v) is 3.44. The minimum atomic E-state index is -0.307. The van der Waals surface area contributed by atoms with E-state index in [9.17, 15) is 4.39 Å². The van der Waals surface area contributed by atoms with Crippen LogP contribution >= 0.6 is 0 Å². The van der Waals surface area contributed by atoms with Crippen molar-refractivity contribution in [2.24, 2.45) is 0 Å². The van der Waals surface area contributed by atoms with E-state index in [1.54, 1.807) is 12.1 Å². The molecule has 0 aliphatic carbocycles. The monoisotopic (exact) mass is 206 g/mol. The lowest BCUT2D eigenvalue weighted by Crippen LogP contribution is -1.99. The van der Waals surface area contributed by atoms with Crippen LogP contribution in [0.2, 0.25) is 0 Å². The van der Waals surface area contributed by atoms with E-state index in [0.717, 1.165) is 0 Å². The number of hydrogen-bond donors (Lipinski definition) is 0. The number of benzene rings is 1.